The minimum Gasteiger partial charge on any atom is -0.273 e. The third-order valence-electron chi connectivity index (χ3n) is 6.26. The van der Waals surface area contributed by atoms with Gasteiger partial charge in [-0.25, -0.2) is 5.43 Å². The monoisotopic (exact) mass is 398 g/mol. The molecule has 2 rings (SSSR count). The van der Waals surface area contributed by atoms with Gasteiger partial charge in [-0.2, -0.15) is 5.10 Å². The van der Waals surface area contributed by atoms with E-state index in [0.717, 1.165) is 30.0 Å². The zero-order valence-electron chi connectivity index (χ0n) is 18.8. The van der Waals surface area contributed by atoms with Crippen molar-refractivity contribution in [1.82, 2.24) is 5.43 Å². The average molecular weight is 399 g/mol. The minimum atomic E-state index is 0.0334. The van der Waals surface area contributed by atoms with E-state index in [9.17, 15) is 4.79 Å². The summed E-state index contributed by atoms with van der Waals surface area (Å²) in [5.41, 5.74) is 6.15. The van der Waals surface area contributed by atoms with Crippen LogP contribution in [-0.4, -0.2) is 11.6 Å². The summed E-state index contributed by atoms with van der Waals surface area (Å²) in [6.45, 7) is 4.22. The van der Waals surface area contributed by atoms with Gasteiger partial charge in [0.05, 0.1) is 5.71 Å². The second-order valence-electron chi connectivity index (χ2n) is 8.77. The first-order chi connectivity index (χ1) is 14.2. The number of carbonyl (C=O) groups is 1. The van der Waals surface area contributed by atoms with E-state index in [1.54, 1.807) is 0 Å². The normalized spacial score (nSPS) is 15.4. The lowest BCUT2D eigenvalue weighted by Crippen LogP contribution is -2.18. The summed E-state index contributed by atoms with van der Waals surface area (Å²) in [6.07, 6.45) is 18.7. The number of carbonyl (C=O) groups excluding carboxylic acids is 1. The number of benzene rings is 1. The summed E-state index contributed by atoms with van der Waals surface area (Å²) in [7, 11) is 0. The fourth-order valence-electron chi connectivity index (χ4n) is 4.30. The molecule has 0 bridgehead atoms. The molecule has 1 aliphatic rings. The Kier molecular flexibility index (Phi) is 11.7. The van der Waals surface area contributed by atoms with Crippen molar-refractivity contribution in [2.24, 2.45) is 5.10 Å². The Morgan fingerprint density at radius 1 is 0.897 bits per heavy atom. The van der Waals surface area contributed by atoms with Gasteiger partial charge >= 0.3 is 0 Å². The predicted octanol–water partition coefficient (Wildman–Crippen LogP) is 7.50. The summed E-state index contributed by atoms with van der Waals surface area (Å²) in [5.74, 6) is 0.761. The topological polar surface area (TPSA) is 41.5 Å². The number of hydrogen-bond acceptors (Lipinski definition) is 2. The molecular formula is C26H42N2O. The molecule has 0 atom stereocenters. The fraction of sp³-hybridized carbons (Fsp3) is 0.692. The highest BCUT2D eigenvalue weighted by Gasteiger charge is 2.15. The first kappa shape index (κ1) is 23.6. The lowest BCUT2D eigenvalue weighted by atomic mass is 9.84. The first-order valence-corrected chi connectivity index (χ1v) is 12.1. The standard InChI is InChI=1S/C26H42N2O/c1-3-4-5-6-7-8-9-10-14-17-26(29)28-27-22(2)23-18-20-25(21-19-23)24-15-12-11-13-16-24/h18-21,24H,3-17H2,1-2H3,(H,28,29). The Bertz CT molecular complexity index is 600. The Hall–Kier alpha value is -1.64. The Balaban J connectivity index is 1.61. The molecule has 3 nitrogen and oxygen atoms in total. The molecular weight excluding hydrogens is 356 g/mol. The molecule has 1 aromatic carbocycles. The Morgan fingerprint density at radius 3 is 2.10 bits per heavy atom. The Morgan fingerprint density at radius 2 is 1.48 bits per heavy atom. The van der Waals surface area contributed by atoms with E-state index in [1.807, 2.05) is 6.92 Å². The van der Waals surface area contributed by atoms with E-state index in [1.165, 1.54) is 82.6 Å². The number of unbranched alkanes of at least 4 members (excludes halogenated alkanes) is 8. The van der Waals surface area contributed by atoms with Gasteiger partial charge in [0.25, 0.3) is 0 Å². The van der Waals surface area contributed by atoms with E-state index in [-0.39, 0.29) is 5.91 Å². The molecule has 0 unspecified atom stereocenters. The molecule has 1 N–H and O–H groups in total. The number of hydrogen-bond donors (Lipinski definition) is 1. The number of amides is 1. The second kappa shape index (κ2) is 14.4. The van der Waals surface area contributed by atoms with Gasteiger partial charge in [-0.15, -0.1) is 0 Å². The van der Waals surface area contributed by atoms with Crippen molar-refractivity contribution in [2.75, 3.05) is 0 Å². The van der Waals surface area contributed by atoms with Gasteiger partial charge in [-0.05, 0) is 43.2 Å². The Labute approximate surface area is 178 Å². The molecule has 1 saturated carbocycles. The molecule has 1 amide bonds. The zero-order valence-corrected chi connectivity index (χ0v) is 18.8. The van der Waals surface area contributed by atoms with Crippen molar-refractivity contribution in [3.05, 3.63) is 35.4 Å². The van der Waals surface area contributed by atoms with E-state index in [4.69, 9.17) is 0 Å². The van der Waals surface area contributed by atoms with Gasteiger partial charge in [0.15, 0.2) is 0 Å². The summed E-state index contributed by atoms with van der Waals surface area (Å²) in [5, 5.41) is 4.31. The van der Waals surface area contributed by atoms with Crippen molar-refractivity contribution in [2.45, 2.75) is 116 Å². The second-order valence-corrected chi connectivity index (χ2v) is 8.77. The quantitative estimate of drug-likeness (QED) is 0.209. The van der Waals surface area contributed by atoms with Gasteiger partial charge < -0.3 is 0 Å². The van der Waals surface area contributed by atoms with Crippen molar-refractivity contribution >= 4 is 11.6 Å². The van der Waals surface area contributed by atoms with Gasteiger partial charge in [-0.1, -0.05) is 102 Å². The van der Waals surface area contributed by atoms with Gasteiger partial charge in [0.2, 0.25) is 5.91 Å². The van der Waals surface area contributed by atoms with Crippen LogP contribution < -0.4 is 5.43 Å². The number of nitrogens with zero attached hydrogens (tertiary/aromatic N) is 1. The molecule has 1 aliphatic carbocycles. The van der Waals surface area contributed by atoms with E-state index in [2.05, 4.69) is 41.7 Å². The lowest BCUT2D eigenvalue weighted by molar-refractivity contribution is -0.121. The van der Waals surface area contributed by atoms with E-state index >= 15 is 0 Å². The summed E-state index contributed by atoms with van der Waals surface area (Å²) < 4.78 is 0. The third-order valence-corrected chi connectivity index (χ3v) is 6.26. The summed E-state index contributed by atoms with van der Waals surface area (Å²) in [6, 6.07) is 8.79. The van der Waals surface area contributed by atoms with Gasteiger partial charge in [-0.3, -0.25) is 4.79 Å². The molecule has 0 aromatic heterocycles. The smallest absolute Gasteiger partial charge is 0.240 e. The van der Waals surface area contributed by atoms with Crippen molar-refractivity contribution in [3.63, 3.8) is 0 Å². The molecule has 162 valence electrons. The number of nitrogens with one attached hydrogen (secondary N) is 1. The molecule has 1 aromatic rings. The van der Waals surface area contributed by atoms with Crippen molar-refractivity contribution < 1.29 is 4.79 Å². The summed E-state index contributed by atoms with van der Waals surface area (Å²) >= 11 is 0. The van der Waals surface area contributed by atoms with E-state index < -0.39 is 0 Å². The highest BCUT2D eigenvalue weighted by molar-refractivity contribution is 5.99. The molecule has 0 heterocycles. The van der Waals surface area contributed by atoms with Crippen LogP contribution in [0.4, 0.5) is 0 Å². The maximum Gasteiger partial charge on any atom is 0.240 e. The molecule has 1 fully saturated rings. The van der Waals surface area contributed by atoms with Crippen LogP contribution >= 0.6 is 0 Å². The van der Waals surface area contributed by atoms with Crippen LogP contribution in [0.5, 0.6) is 0 Å². The van der Waals surface area contributed by atoms with Crippen LogP contribution in [0.15, 0.2) is 29.4 Å². The van der Waals surface area contributed by atoms with Crippen molar-refractivity contribution in [1.29, 1.82) is 0 Å². The third kappa shape index (κ3) is 9.60. The summed E-state index contributed by atoms with van der Waals surface area (Å²) in [4.78, 5) is 12.0. The van der Waals surface area contributed by atoms with Gasteiger partial charge in [0, 0.05) is 6.42 Å². The molecule has 3 heteroatoms. The molecule has 0 spiro atoms. The van der Waals surface area contributed by atoms with E-state index in [0.29, 0.717) is 6.42 Å². The molecule has 0 radical (unpaired) electrons. The van der Waals surface area contributed by atoms with Crippen LogP contribution in [0.2, 0.25) is 0 Å². The number of rotatable bonds is 13. The fourth-order valence-corrected chi connectivity index (χ4v) is 4.30. The average Bonchev–Trinajstić information content (AvgIpc) is 2.77. The number of hydrazone groups is 1. The highest BCUT2D eigenvalue weighted by Crippen LogP contribution is 2.32. The predicted molar refractivity (Wildman–Crippen MR) is 124 cm³/mol. The first-order valence-electron chi connectivity index (χ1n) is 12.1. The van der Waals surface area contributed by atoms with Crippen molar-refractivity contribution in [3.8, 4) is 0 Å². The zero-order chi connectivity index (χ0) is 20.7. The highest BCUT2D eigenvalue weighted by atomic mass is 16.2. The maximum atomic E-state index is 12.0. The molecule has 0 aliphatic heterocycles. The lowest BCUT2D eigenvalue weighted by Gasteiger charge is -2.22. The van der Waals surface area contributed by atoms with Crippen LogP contribution in [0.25, 0.3) is 0 Å². The largest absolute Gasteiger partial charge is 0.273 e. The van der Waals surface area contributed by atoms with Crippen LogP contribution in [0, 0.1) is 0 Å². The van der Waals surface area contributed by atoms with Crippen LogP contribution in [0.3, 0.4) is 0 Å². The molecule has 0 saturated heterocycles. The van der Waals surface area contributed by atoms with Crippen LogP contribution in [-0.2, 0) is 4.79 Å². The molecule has 29 heavy (non-hydrogen) atoms. The minimum absolute atomic E-state index is 0.0334. The maximum absolute atomic E-state index is 12.0. The van der Waals surface area contributed by atoms with Gasteiger partial charge in [0.1, 0.15) is 0 Å². The van der Waals surface area contributed by atoms with Crippen LogP contribution in [0.1, 0.15) is 127 Å². The SMILES string of the molecule is CCCCCCCCCCCC(=O)NN=C(C)c1ccc(C2CCCCC2)cc1.